The molecule has 0 aliphatic rings. The van der Waals surface area contributed by atoms with Crippen LogP contribution in [0.15, 0.2) is 18.2 Å². The Morgan fingerprint density at radius 1 is 1.28 bits per heavy atom. The first kappa shape index (κ1) is 14.8. The molecule has 0 fully saturated rings. The molecular formula is C14H19F2NO. The van der Waals surface area contributed by atoms with Crippen molar-refractivity contribution in [1.82, 2.24) is 5.32 Å². The van der Waals surface area contributed by atoms with Crippen molar-refractivity contribution in [3.05, 3.63) is 35.4 Å². The van der Waals surface area contributed by atoms with Crippen molar-refractivity contribution in [3.8, 4) is 0 Å². The van der Waals surface area contributed by atoms with E-state index < -0.39 is 11.6 Å². The van der Waals surface area contributed by atoms with E-state index in [1.54, 1.807) is 0 Å². The average molecular weight is 255 g/mol. The highest BCUT2D eigenvalue weighted by molar-refractivity contribution is 5.80. The normalized spacial score (nSPS) is 10.9. The Balaban J connectivity index is 2.40. The molecule has 0 heterocycles. The minimum Gasteiger partial charge on any atom is -0.315 e. The second-order valence-corrected chi connectivity index (χ2v) is 4.63. The van der Waals surface area contributed by atoms with Gasteiger partial charge in [-0.25, -0.2) is 8.78 Å². The van der Waals surface area contributed by atoms with E-state index in [-0.39, 0.29) is 17.8 Å². The van der Waals surface area contributed by atoms with Crippen molar-refractivity contribution in [2.75, 3.05) is 6.54 Å². The number of hydrogen-bond donors (Lipinski definition) is 1. The Bertz CT molecular complexity index is 385. The zero-order valence-corrected chi connectivity index (χ0v) is 10.8. The maximum absolute atomic E-state index is 13.3. The van der Waals surface area contributed by atoms with E-state index in [4.69, 9.17) is 0 Å². The highest BCUT2D eigenvalue weighted by atomic mass is 19.1. The first-order valence-electron chi connectivity index (χ1n) is 6.18. The maximum atomic E-state index is 13.3. The summed E-state index contributed by atoms with van der Waals surface area (Å²) in [7, 11) is 0. The largest absolute Gasteiger partial charge is 0.315 e. The molecule has 18 heavy (non-hydrogen) atoms. The maximum Gasteiger partial charge on any atom is 0.137 e. The summed E-state index contributed by atoms with van der Waals surface area (Å²) in [6, 6.07) is 4.02. The van der Waals surface area contributed by atoms with Gasteiger partial charge >= 0.3 is 0 Å². The molecule has 1 aromatic rings. The lowest BCUT2D eigenvalue weighted by molar-refractivity contribution is -0.118. The minimum atomic E-state index is -0.649. The lowest BCUT2D eigenvalue weighted by Gasteiger charge is -2.07. The van der Waals surface area contributed by atoms with E-state index in [0.29, 0.717) is 18.9 Å². The SMILES string of the molecule is CC(C)NCCCC(=O)Cc1c(F)cccc1F. The molecule has 0 aliphatic carbocycles. The third-order valence-electron chi connectivity index (χ3n) is 2.62. The van der Waals surface area contributed by atoms with Crippen LogP contribution in [0.2, 0.25) is 0 Å². The van der Waals surface area contributed by atoms with Gasteiger partial charge in [0.15, 0.2) is 0 Å². The number of nitrogens with one attached hydrogen (secondary N) is 1. The zero-order valence-electron chi connectivity index (χ0n) is 10.8. The molecule has 0 aromatic heterocycles. The molecule has 2 nitrogen and oxygen atoms in total. The van der Waals surface area contributed by atoms with Gasteiger partial charge in [0, 0.05) is 24.4 Å². The van der Waals surface area contributed by atoms with Crippen LogP contribution in [0.3, 0.4) is 0 Å². The Labute approximate surface area is 106 Å². The number of carbonyl (C=O) groups is 1. The standard InChI is InChI=1S/C14H19F2NO/c1-10(2)17-8-4-5-11(18)9-12-13(15)6-3-7-14(12)16/h3,6-7,10,17H,4-5,8-9H2,1-2H3. The molecule has 1 rings (SSSR count). The van der Waals surface area contributed by atoms with Gasteiger partial charge in [-0.05, 0) is 25.1 Å². The van der Waals surface area contributed by atoms with Crippen molar-refractivity contribution in [1.29, 1.82) is 0 Å². The van der Waals surface area contributed by atoms with Crippen molar-refractivity contribution in [2.24, 2.45) is 0 Å². The topological polar surface area (TPSA) is 29.1 Å². The summed E-state index contributed by atoms with van der Waals surface area (Å²) in [6.45, 7) is 4.79. The Morgan fingerprint density at radius 2 is 1.89 bits per heavy atom. The summed E-state index contributed by atoms with van der Waals surface area (Å²) >= 11 is 0. The molecular weight excluding hydrogens is 236 g/mol. The fraction of sp³-hybridized carbons (Fsp3) is 0.500. The molecule has 0 saturated carbocycles. The number of halogens is 2. The molecule has 0 bridgehead atoms. The fourth-order valence-electron chi connectivity index (χ4n) is 1.66. The fourth-order valence-corrected chi connectivity index (χ4v) is 1.66. The van der Waals surface area contributed by atoms with Crippen LogP contribution < -0.4 is 5.32 Å². The third-order valence-corrected chi connectivity index (χ3v) is 2.62. The van der Waals surface area contributed by atoms with Crippen LogP contribution in [0.25, 0.3) is 0 Å². The van der Waals surface area contributed by atoms with E-state index in [9.17, 15) is 13.6 Å². The number of hydrogen-bond acceptors (Lipinski definition) is 2. The Morgan fingerprint density at radius 3 is 2.44 bits per heavy atom. The average Bonchev–Trinajstić information content (AvgIpc) is 2.29. The molecule has 0 radical (unpaired) electrons. The van der Waals surface area contributed by atoms with Crippen LogP contribution in [-0.4, -0.2) is 18.4 Å². The molecule has 1 aromatic carbocycles. The van der Waals surface area contributed by atoms with E-state index in [0.717, 1.165) is 6.54 Å². The Hall–Kier alpha value is -1.29. The highest BCUT2D eigenvalue weighted by Crippen LogP contribution is 2.13. The summed E-state index contributed by atoms with van der Waals surface area (Å²) in [5.74, 6) is -1.43. The van der Waals surface area contributed by atoms with Crippen LogP contribution in [-0.2, 0) is 11.2 Å². The van der Waals surface area contributed by atoms with E-state index in [2.05, 4.69) is 5.32 Å². The quantitative estimate of drug-likeness (QED) is 0.759. The molecule has 0 spiro atoms. The molecule has 0 atom stereocenters. The molecule has 100 valence electrons. The van der Waals surface area contributed by atoms with Gasteiger partial charge in [-0.3, -0.25) is 4.79 Å². The van der Waals surface area contributed by atoms with Crippen molar-refractivity contribution < 1.29 is 13.6 Å². The number of carbonyl (C=O) groups excluding carboxylic acids is 1. The summed E-state index contributed by atoms with van der Waals surface area (Å²) in [5.41, 5.74) is -0.126. The van der Waals surface area contributed by atoms with Crippen LogP contribution in [0.5, 0.6) is 0 Å². The van der Waals surface area contributed by atoms with Gasteiger partial charge in [0.25, 0.3) is 0 Å². The van der Waals surface area contributed by atoms with Crippen LogP contribution in [0.4, 0.5) is 8.78 Å². The van der Waals surface area contributed by atoms with E-state index >= 15 is 0 Å². The van der Waals surface area contributed by atoms with Gasteiger partial charge in [-0.2, -0.15) is 0 Å². The van der Waals surface area contributed by atoms with Crippen LogP contribution in [0.1, 0.15) is 32.3 Å². The zero-order chi connectivity index (χ0) is 13.5. The van der Waals surface area contributed by atoms with Gasteiger partial charge in [0.1, 0.15) is 17.4 Å². The number of benzene rings is 1. The monoisotopic (exact) mass is 255 g/mol. The van der Waals surface area contributed by atoms with Crippen LogP contribution in [0, 0.1) is 11.6 Å². The second kappa shape index (κ2) is 7.21. The first-order chi connectivity index (χ1) is 8.50. The summed E-state index contributed by atoms with van der Waals surface area (Å²) < 4.78 is 26.6. The summed E-state index contributed by atoms with van der Waals surface area (Å²) in [6.07, 6.45) is 0.862. The lowest BCUT2D eigenvalue weighted by Crippen LogP contribution is -2.24. The van der Waals surface area contributed by atoms with Gasteiger partial charge in [-0.15, -0.1) is 0 Å². The van der Waals surface area contributed by atoms with Crippen LogP contribution >= 0.6 is 0 Å². The first-order valence-corrected chi connectivity index (χ1v) is 6.18. The predicted octanol–water partition coefficient (Wildman–Crippen LogP) is 2.85. The molecule has 4 heteroatoms. The molecule has 1 N–H and O–H groups in total. The van der Waals surface area contributed by atoms with Gasteiger partial charge in [-0.1, -0.05) is 19.9 Å². The molecule has 0 unspecified atom stereocenters. The van der Waals surface area contributed by atoms with E-state index in [1.165, 1.54) is 18.2 Å². The van der Waals surface area contributed by atoms with Gasteiger partial charge in [0.2, 0.25) is 0 Å². The highest BCUT2D eigenvalue weighted by Gasteiger charge is 2.12. The third kappa shape index (κ3) is 4.92. The van der Waals surface area contributed by atoms with Crippen molar-refractivity contribution in [2.45, 2.75) is 39.2 Å². The molecule has 0 saturated heterocycles. The van der Waals surface area contributed by atoms with E-state index in [1.807, 2.05) is 13.8 Å². The number of ketones is 1. The number of Topliss-reactive ketones (excluding diaryl/α,β-unsaturated/α-hetero) is 1. The Kier molecular flexibility index (Phi) is 5.92. The molecule has 0 amide bonds. The summed E-state index contributed by atoms with van der Waals surface area (Å²) in [5, 5.41) is 3.19. The minimum absolute atomic E-state index is 0.126. The smallest absolute Gasteiger partial charge is 0.137 e. The molecule has 0 aliphatic heterocycles. The lowest BCUT2D eigenvalue weighted by atomic mass is 10.0. The second-order valence-electron chi connectivity index (χ2n) is 4.63. The van der Waals surface area contributed by atoms with Gasteiger partial charge in [0.05, 0.1) is 0 Å². The van der Waals surface area contributed by atoms with Crippen molar-refractivity contribution >= 4 is 5.78 Å². The summed E-state index contributed by atoms with van der Waals surface area (Å²) in [4.78, 5) is 11.6. The number of rotatable bonds is 7. The van der Waals surface area contributed by atoms with Gasteiger partial charge < -0.3 is 5.32 Å². The predicted molar refractivity (Wildman–Crippen MR) is 67.4 cm³/mol. The van der Waals surface area contributed by atoms with Crippen molar-refractivity contribution in [3.63, 3.8) is 0 Å².